The van der Waals surface area contributed by atoms with Crippen LogP contribution in [0.3, 0.4) is 0 Å². The second kappa shape index (κ2) is 5.65. The van der Waals surface area contributed by atoms with Crippen LogP contribution < -0.4 is 5.73 Å². The largest absolute Gasteiger partial charge is 0.398 e. The molecule has 0 aliphatic heterocycles. The van der Waals surface area contributed by atoms with Crippen molar-refractivity contribution in [3.05, 3.63) is 23.8 Å². The van der Waals surface area contributed by atoms with E-state index >= 15 is 0 Å². The Hall–Kier alpha value is -1.36. The number of sulfone groups is 1. The number of hydrogen-bond donors (Lipinski definition) is 2. The van der Waals surface area contributed by atoms with E-state index in [0.29, 0.717) is 11.3 Å². The van der Waals surface area contributed by atoms with E-state index in [2.05, 4.69) is 0 Å². The SMILES string of the molecule is CC.CC(=N)c1cc(S(C)(=O)=O)ccc1N.[HH]. The molecular weight excluding hydrogens is 224 g/mol. The fourth-order valence-electron chi connectivity index (χ4n) is 1.09. The lowest BCUT2D eigenvalue weighted by atomic mass is 10.1. The Morgan fingerprint density at radius 2 is 1.88 bits per heavy atom. The van der Waals surface area contributed by atoms with Crippen molar-refractivity contribution in [2.45, 2.75) is 25.7 Å². The molecule has 0 radical (unpaired) electrons. The number of nitrogens with one attached hydrogen (secondary N) is 1. The quantitative estimate of drug-likeness (QED) is 0.618. The van der Waals surface area contributed by atoms with Crippen LogP contribution in [0.25, 0.3) is 0 Å². The van der Waals surface area contributed by atoms with Crippen LogP contribution in [0.1, 0.15) is 27.8 Å². The molecule has 16 heavy (non-hydrogen) atoms. The predicted octanol–water partition coefficient (Wildman–Crippen LogP) is 2.33. The molecule has 3 N–H and O–H groups in total. The van der Waals surface area contributed by atoms with Crippen LogP contribution in [0.5, 0.6) is 0 Å². The van der Waals surface area contributed by atoms with Gasteiger partial charge in [-0.15, -0.1) is 0 Å². The summed E-state index contributed by atoms with van der Waals surface area (Å²) < 4.78 is 22.4. The van der Waals surface area contributed by atoms with Crippen molar-refractivity contribution in [3.63, 3.8) is 0 Å². The first-order valence-corrected chi connectivity index (χ1v) is 6.86. The maximum Gasteiger partial charge on any atom is 0.175 e. The molecule has 1 rings (SSSR count). The molecule has 0 bridgehead atoms. The molecule has 92 valence electrons. The Morgan fingerprint density at radius 3 is 2.25 bits per heavy atom. The smallest absolute Gasteiger partial charge is 0.175 e. The van der Waals surface area contributed by atoms with Crippen LogP contribution in [-0.2, 0) is 9.84 Å². The van der Waals surface area contributed by atoms with E-state index in [4.69, 9.17) is 11.1 Å². The molecular formula is C11H20N2O2S. The highest BCUT2D eigenvalue weighted by molar-refractivity contribution is 7.90. The summed E-state index contributed by atoms with van der Waals surface area (Å²) in [6.45, 7) is 5.57. The van der Waals surface area contributed by atoms with Crippen LogP contribution in [0.2, 0.25) is 0 Å². The lowest BCUT2D eigenvalue weighted by Crippen LogP contribution is -2.04. The highest BCUT2D eigenvalue weighted by Gasteiger charge is 2.10. The average Bonchev–Trinajstić information content (AvgIpc) is 2.19. The molecule has 0 heterocycles. The zero-order valence-corrected chi connectivity index (χ0v) is 10.9. The van der Waals surface area contributed by atoms with Gasteiger partial charge in [0.05, 0.1) is 4.90 Å². The standard InChI is InChI=1S/C9H12N2O2S.C2H6.H2/c1-6(10)8-5-7(14(2,12)13)3-4-9(8)11;1-2;/h3-5,10H,11H2,1-2H3;1-2H3;1H. The molecule has 0 atom stereocenters. The second-order valence-electron chi connectivity index (χ2n) is 3.15. The third-order valence-electron chi connectivity index (χ3n) is 1.86. The Morgan fingerprint density at radius 1 is 1.38 bits per heavy atom. The Kier molecular flexibility index (Phi) is 5.17. The van der Waals surface area contributed by atoms with Crippen molar-refractivity contribution in [2.75, 3.05) is 12.0 Å². The van der Waals surface area contributed by atoms with E-state index in [1.165, 1.54) is 18.2 Å². The second-order valence-corrected chi connectivity index (χ2v) is 5.16. The summed E-state index contributed by atoms with van der Waals surface area (Å²) in [5, 5.41) is 7.40. The number of nitrogens with two attached hydrogens (primary N) is 1. The van der Waals surface area contributed by atoms with Crippen molar-refractivity contribution >= 4 is 21.2 Å². The monoisotopic (exact) mass is 244 g/mol. The number of benzene rings is 1. The summed E-state index contributed by atoms with van der Waals surface area (Å²) in [5.41, 5.74) is 6.74. The van der Waals surface area contributed by atoms with Gasteiger partial charge in [-0.1, -0.05) is 13.8 Å². The third kappa shape index (κ3) is 3.66. The van der Waals surface area contributed by atoms with Crippen LogP contribution >= 0.6 is 0 Å². The topological polar surface area (TPSA) is 84.0 Å². The molecule has 1 aromatic rings. The molecule has 0 aliphatic carbocycles. The Labute approximate surface area is 98.4 Å². The van der Waals surface area contributed by atoms with Crippen molar-refractivity contribution in [1.82, 2.24) is 0 Å². The molecule has 5 heteroatoms. The molecule has 0 saturated heterocycles. The zero-order valence-electron chi connectivity index (χ0n) is 10.0. The van der Waals surface area contributed by atoms with Gasteiger partial charge in [0.25, 0.3) is 0 Å². The maximum absolute atomic E-state index is 11.2. The van der Waals surface area contributed by atoms with E-state index in [1.54, 1.807) is 6.92 Å². The molecule has 0 aliphatic rings. The van der Waals surface area contributed by atoms with Gasteiger partial charge in [0.2, 0.25) is 0 Å². The molecule has 1 aromatic carbocycles. The van der Waals surface area contributed by atoms with Gasteiger partial charge < -0.3 is 11.1 Å². The van der Waals surface area contributed by atoms with Crippen LogP contribution in [0.4, 0.5) is 5.69 Å². The number of anilines is 1. The van der Waals surface area contributed by atoms with E-state index in [9.17, 15) is 8.42 Å². The normalized spacial score (nSPS) is 10.2. The first-order valence-electron chi connectivity index (χ1n) is 4.97. The molecule has 0 aromatic heterocycles. The summed E-state index contributed by atoms with van der Waals surface area (Å²) in [5.74, 6) is 0. The fraction of sp³-hybridized carbons (Fsp3) is 0.364. The first kappa shape index (κ1) is 14.6. The number of rotatable bonds is 2. The van der Waals surface area contributed by atoms with Crippen molar-refractivity contribution < 1.29 is 9.84 Å². The van der Waals surface area contributed by atoms with Gasteiger partial charge in [0, 0.05) is 24.6 Å². The maximum atomic E-state index is 11.2. The van der Waals surface area contributed by atoms with Gasteiger partial charge in [-0.05, 0) is 25.1 Å². The third-order valence-corrected chi connectivity index (χ3v) is 2.97. The highest BCUT2D eigenvalue weighted by atomic mass is 32.2. The van der Waals surface area contributed by atoms with Crippen molar-refractivity contribution in [1.29, 1.82) is 5.41 Å². The van der Waals surface area contributed by atoms with Gasteiger partial charge in [-0.25, -0.2) is 8.42 Å². The van der Waals surface area contributed by atoms with Gasteiger partial charge in [-0.2, -0.15) is 0 Å². The van der Waals surface area contributed by atoms with Gasteiger partial charge in [0.1, 0.15) is 0 Å². The summed E-state index contributed by atoms with van der Waals surface area (Å²) in [4.78, 5) is 0.188. The summed E-state index contributed by atoms with van der Waals surface area (Å²) >= 11 is 0. The van der Waals surface area contributed by atoms with Gasteiger partial charge in [-0.3, -0.25) is 0 Å². The van der Waals surface area contributed by atoms with E-state index in [0.717, 1.165) is 6.26 Å². The minimum Gasteiger partial charge on any atom is -0.398 e. The lowest BCUT2D eigenvalue weighted by Gasteiger charge is -2.05. The summed E-state index contributed by atoms with van der Waals surface area (Å²) in [6.07, 6.45) is 1.13. The predicted molar refractivity (Wildman–Crippen MR) is 69.9 cm³/mol. The average molecular weight is 244 g/mol. The molecule has 4 nitrogen and oxygen atoms in total. The molecule has 0 unspecified atom stereocenters. The van der Waals surface area contributed by atoms with Gasteiger partial charge in [0.15, 0.2) is 9.84 Å². The molecule has 0 fully saturated rings. The van der Waals surface area contributed by atoms with E-state index < -0.39 is 9.84 Å². The van der Waals surface area contributed by atoms with Crippen molar-refractivity contribution in [3.8, 4) is 0 Å². The Bertz CT molecular complexity index is 484. The molecule has 0 spiro atoms. The highest BCUT2D eigenvalue weighted by Crippen LogP contribution is 2.18. The molecule has 0 saturated carbocycles. The van der Waals surface area contributed by atoms with Crippen LogP contribution in [0, 0.1) is 5.41 Å². The molecule has 0 amide bonds. The minimum atomic E-state index is -3.23. The minimum absolute atomic E-state index is 0. The number of hydrogen-bond acceptors (Lipinski definition) is 4. The first-order chi connectivity index (χ1) is 7.32. The van der Waals surface area contributed by atoms with Gasteiger partial charge >= 0.3 is 0 Å². The zero-order chi connectivity index (χ0) is 12.9. The van der Waals surface area contributed by atoms with Crippen molar-refractivity contribution in [2.24, 2.45) is 0 Å². The lowest BCUT2D eigenvalue weighted by molar-refractivity contribution is 0.602. The number of nitrogen functional groups attached to an aromatic ring is 1. The fourth-order valence-corrected chi connectivity index (χ4v) is 1.74. The summed E-state index contributed by atoms with van der Waals surface area (Å²) in [7, 11) is -3.23. The summed E-state index contributed by atoms with van der Waals surface area (Å²) in [6, 6.07) is 4.37. The van der Waals surface area contributed by atoms with Crippen LogP contribution in [-0.4, -0.2) is 20.4 Å². The van der Waals surface area contributed by atoms with E-state index in [-0.39, 0.29) is 12.0 Å². The van der Waals surface area contributed by atoms with E-state index in [1.807, 2.05) is 13.8 Å². The Balaban J connectivity index is 0. The van der Waals surface area contributed by atoms with Crippen LogP contribution in [0.15, 0.2) is 23.1 Å².